The monoisotopic (exact) mass is 287 g/mol. The highest BCUT2D eigenvalue weighted by atomic mass is 16.5. The van der Waals surface area contributed by atoms with Gasteiger partial charge in [0.25, 0.3) is 0 Å². The molecule has 0 fully saturated rings. The standard InChI is InChI=1S/C15H17N3O3/c1-3-21-15(20)12-9-13(18-17-12)16-14(19)10(2)11-7-5-4-6-8-11/h4-10H,3H2,1-2H3,(H2,16,17,18,19)/t10-/m1/s1. The number of ether oxygens (including phenoxy) is 1. The molecule has 2 rings (SSSR count). The second kappa shape index (κ2) is 6.69. The first-order valence-electron chi connectivity index (χ1n) is 6.70. The Balaban J connectivity index is 2.01. The number of nitrogens with one attached hydrogen (secondary N) is 2. The van der Waals surface area contributed by atoms with Gasteiger partial charge in [0.2, 0.25) is 5.91 Å². The van der Waals surface area contributed by atoms with Crippen LogP contribution < -0.4 is 5.32 Å². The fourth-order valence-electron chi connectivity index (χ4n) is 1.83. The highest BCUT2D eigenvalue weighted by Crippen LogP contribution is 2.17. The summed E-state index contributed by atoms with van der Waals surface area (Å²) >= 11 is 0. The van der Waals surface area contributed by atoms with Crippen molar-refractivity contribution in [1.29, 1.82) is 0 Å². The Hall–Kier alpha value is -2.63. The number of carbonyl (C=O) groups excluding carboxylic acids is 2. The molecule has 6 nitrogen and oxygen atoms in total. The summed E-state index contributed by atoms with van der Waals surface area (Å²) in [6.07, 6.45) is 0. The van der Waals surface area contributed by atoms with Gasteiger partial charge in [0.1, 0.15) is 5.69 Å². The van der Waals surface area contributed by atoms with E-state index in [0.29, 0.717) is 5.82 Å². The van der Waals surface area contributed by atoms with Crippen LogP contribution in [0.3, 0.4) is 0 Å². The van der Waals surface area contributed by atoms with Crippen molar-refractivity contribution in [3.8, 4) is 0 Å². The van der Waals surface area contributed by atoms with Gasteiger partial charge >= 0.3 is 5.97 Å². The van der Waals surface area contributed by atoms with E-state index in [-0.39, 0.29) is 24.1 Å². The molecule has 0 unspecified atom stereocenters. The summed E-state index contributed by atoms with van der Waals surface area (Å²) in [5.74, 6) is -0.704. The van der Waals surface area contributed by atoms with Crippen molar-refractivity contribution in [2.75, 3.05) is 11.9 Å². The van der Waals surface area contributed by atoms with Gasteiger partial charge in [-0.1, -0.05) is 30.3 Å². The number of rotatable bonds is 5. The van der Waals surface area contributed by atoms with Crippen molar-refractivity contribution in [1.82, 2.24) is 10.2 Å². The Labute approximate surface area is 122 Å². The summed E-state index contributed by atoms with van der Waals surface area (Å²) in [4.78, 5) is 23.6. The molecule has 0 aliphatic rings. The maximum atomic E-state index is 12.1. The van der Waals surface area contributed by atoms with Gasteiger partial charge in [-0.15, -0.1) is 0 Å². The molecule has 2 aromatic rings. The average Bonchev–Trinajstić information content (AvgIpc) is 2.96. The number of hydrogen-bond acceptors (Lipinski definition) is 4. The summed E-state index contributed by atoms with van der Waals surface area (Å²) in [6.45, 7) is 3.81. The minimum absolute atomic E-state index is 0.192. The summed E-state index contributed by atoms with van der Waals surface area (Å²) in [5, 5.41) is 9.08. The third-order valence-electron chi connectivity index (χ3n) is 3.02. The molecule has 1 aromatic carbocycles. The maximum absolute atomic E-state index is 12.1. The van der Waals surface area contributed by atoms with E-state index in [4.69, 9.17) is 4.74 Å². The predicted molar refractivity (Wildman–Crippen MR) is 78.0 cm³/mol. The number of hydrogen-bond donors (Lipinski definition) is 2. The maximum Gasteiger partial charge on any atom is 0.356 e. The molecule has 0 saturated carbocycles. The topological polar surface area (TPSA) is 84.1 Å². The molecular formula is C15H17N3O3. The van der Waals surface area contributed by atoms with E-state index in [1.54, 1.807) is 6.92 Å². The quantitative estimate of drug-likeness (QED) is 0.827. The Morgan fingerprint density at radius 1 is 1.33 bits per heavy atom. The molecule has 1 atom stereocenters. The van der Waals surface area contributed by atoms with Gasteiger partial charge in [-0.25, -0.2) is 4.79 Å². The van der Waals surface area contributed by atoms with Crippen LogP contribution in [0.1, 0.15) is 35.8 Å². The molecule has 1 amide bonds. The van der Waals surface area contributed by atoms with E-state index in [2.05, 4.69) is 15.5 Å². The van der Waals surface area contributed by atoms with Gasteiger partial charge in [0.15, 0.2) is 5.82 Å². The van der Waals surface area contributed by atoms with Gasteiger partial charge in [-0.2, -0.15) is 5.10 Å². The first-order valence-corrected chi connectivity index (χ1v) is 6.70. The summed E-state index contributed by atoms with van der Waals surface area (Å²) in [6, 6.07) is 10.9. The van der Waals surface area contributed by atoms with Crippen LogP contribution in [-0.4, -0.2) is 28.7 Å². The minimum Gasteiger partial charge on any atom is -0.461 e. The number of amides is 1. The van der Waals surface area contributed by atoms with E-state index in [1.807, 2.05) is 37.3 Å². The number of carbonyl (C=O) groups is 2. The van der Waals surface area contributed by atoms with E-state index < -0.39 is 5.97 Å². The zero-order chi connectivity index (χ0) is 15.2. The molecule has 0 aliphatic heterocycles. The highest BCUT2D eigenvalue weighted by Gasteiger charge is 2.17. The average molecular weight is 287 g/mol. The number of nitrogens with zero attached hydrogens (tertiary/aromatic N) is 1. The Morgan fingerprint density at radius 3 is 2.71 bits per heavy atom. The first kappa shape index (κ1) is 14.8. The van der Waals surface area contributed by atoms with E-state index in [1.165, 1.54) is 6.07 Å². The first-order chi connectivity index (χ1) is 10.1. The molecule has 2 N–H and O–H groups in total. The molecule has 0 bridgehead atoms. The third-order valence-corrected chi connectivity index (χ3v) is 3.02. The second-order valence-electron chi connectivity index (χ2n) is 4.51. The van der Waals surface area contributed by atoms with Crippen molar-refractivity contribution < 1.29 is 14.3 Å². The molecule has 6 heteroatoms. The molecule has 1 aromatic heterocycles. The van der Waals surface area contributed by atoms with E-state index in [9.17, 15) is 9.59 Å². The van der Waals surface area contributed by atoms with Crippen molar-refractivity contribution in [3.05, 3.63) is 47.7 Å². The zero-order valence-electron chi connectivity index (χ0n) is 11.9. The summed E-state index contributed by atoms with van der Waals surface area (Å²) in [7, 11) is 0. The summed E-state index contributed by atoms with van der Waals surface area (Å²) in [5.41, 5.74) is 1.12. The molecule has 0 spiro atoms. The van der Waals surface area contributed by atoms with Crippen LogP contribution in [0.4, 0.5) is 5.82 Å². The lowest BCUT2D eigenvalue weighted by molar-refractivity contribution is -0.117. The van der Waals surface area contributed by atoms with Crippen LogP contribution in [-0.2, 0) is 9.53 Å². The molecule has 0 radical (unpaired) electrons. The van der Waals surface area contributed by atoms with E-state index >= 15 is 0 Å². The highest BCUT2D eigenvalue weighted by molar-refractivity contribution is 5.96. The normalized spacial score (nSPS) is 11.7. The second-order valence-corrected chi connectivity index (χ2v) is 4.51. The lowest BCUT2D eigenvalue weighted by Gasteiger charge is -2.10. The molecule has 1 heterocycles. The fraction of sp³-hybridized carbons (Fsp3) is 0.267. The lowest BCUT2D eigenvalue weighted by Crippen LogP contribution is -2.19. The van der Waals surface area contributed by atoms with Crippen molar-refractivity contribution in [3.63, 3.8) is 0 Å². The van der Waals surface area contributed by atoms with Crippen LogP contribution in [0, 0.1) is 0 Å². The predicted octanol–water partition coefficient (Wildman–Crippen LogP) is 2.33. The van der Waals surface area contributed by atoms with Crippen LogP contribution in [0.2, 0.25) is 0 Å². The van der Waals surface area contributed by atoms with Crippen molar-refractivity contribution in [2.45, 2.75) is 19.8 Å². The lowest BCUT2D eigenvalue weighted by atomic mass is 10.0. The molecule has 0 saturated heterocycles. The van der Waals surface area contributed by atoms with Crippen LogP contribution in [0.5, 0.6) is 0 Å². The Morgan fingerprint density at radius 2 is 2.05 bits per heavy atom. The minimum atomic E-state index is -0.499. The zero-order valence-corrected chi connectivity index (χ0v) is 11.9. The van der Waals surface area contributed by atoms with Crippen LogP contribution >= 0.6 is 0 Å². The van der Waals surface area contributed by atoms with Gasteiger partial charge in [-0.05, 0) is 19.4 Å². The SMILES string of the molecule is CCOC(=O)c1cc(NC(=O)[C@H](C)c2ccccc2)n[nH]1. The number of benzene rings is 1. The van der Waals surface area contributed by atoms with Crippen LogP contribution in [0.15, 0.2) is 36.4 Å². The number of esters is 1. The van der Waals surface area contributed by atoms with Gasteiger partial charge in [0.05, 0.1) is 12.5 Å². The molecule has 110 valence electrons. The summed E-state index contributed by atoms with van der Waals surface area (Å²) < 4.78 is 4.84. The van der Waals surface area contributed by atoms with Gasteiger partial charge in [0, 0.05) is 6.07 Å². The molecule has 21 heavy (non-hydrogen) atoms. The van der Waals surface area contributed by atoms with Crippen LogP contribution in [0.25, 0.3) is 0 Å². The smallest absolute Gasteiger partial charge is 0.356 e. The van der Waals surface area contributed by atoms with Gasteiger partial charge < -0.3 is 10.1 Å². The largest absolute Gasteiger partial charge is 0.461 e. The molecule has 0 aliphatic carbocycles. The number of H-pyrrole nitrogens is 1. The van der Waals surface area contributed by atoms with E-state index in [0.717, 1.165) is 5.56 Å². The number of aromatic nitrogens is 2. The number of anilines is 1. The van der Waals surface area contributed by atoms with Gasteiger partial charge in [-0.3, -0.25) is 9.89 Å². The Kier molecular flexibility index (Phi) is 4.71. The third kappa shape index (κ3) is 3.68. The molecular weight excluding hydrogens is 270 g/mol. The fourth-order valence-corrected chi connectivity index (χ4v) is 1.83. The Bertz CT molecular complexity index is 622. The van der Waals surface area contributed by atoms with Crippen molar-refractivity contribution >= 4 is 17.7 Å². The van der Waals surface area contributed by atoms with Crippen molar-refractivity contribution in [2.24, 2.45) is 0 Å². The number of aromatic amines is 1.